The molecule has 0 saturated carbocycles. The summed E-state index contributed by atoms with van der Waals surface area (Å²) in [6.07, 6.45) is 2.66. The quantitative estimate of drug-likeness (QED) is 0.485. The summed E-state index contributed by atoms with van der Waals surface area (Å²) in [6.45, 7) is 0. The standard InChI is InChI=1S/C15H17NO5/c1-20-15(17)14-12(8-11-6-7-13(14)21-11)9-2-4-10(5-3-9)16(18)19/h2-5,11-14H,6-8H2,1H3. The van der Waals surface area contributed by atoms with Crippen LogP contribution in [0.2, 0.25) is 0 Å². The molecular formula is C15H17NO5. The van der Waals surface area contributed by atoms with E-state index in [0.29, 0.717) is 0 Å². The largest absolute Gasteiger partial charge is 0.469 e. The van der Waals surface area contributed by atoms with Crippen molar-refractivity contribution >= 4 is 11.7 Å². The van der Waals surface area contributed by atoms with Gasteiger partial charge in [0.25, 0.3) is 5.69 Å². The highest BCUT2D eigenvalue weighted by Gasteiger charge is 2.47. The van der Waals surface area contributed by atoms with Gasteiger partial charge in [-0.3, -0.25) is 14.9 Å². The van der Waals surface area contributed by atoms with Gasteiger partial charge in [0.15, 0.2) is 0 Å². The van der Waals surface area contributed by atoms with Crippen LogP contribution in [0.25, 0.3) is 0 Å². The van der Waals surface area contributed by atoms with Crippen molar-refractivity contribution in [2.24, 2.45) is 5.92 Å². The van der Waals surface area contributed by atoms with Gasteiger partial charge in [-0.2, -0.15) is 0 Å². The average Bonchev–Trinajstić information content (AvgIpc) is 2.88. The molecule has 2 saturated heterocycles. The van der Waals surface area contributed by atoms with Crippen molar-refractivity contribution in [2.45, 2.75) is 37.4 Å². The maximum atomic E-state index is 12.1. The molecule has 2 aliphatic heterocycles. The Bertz CT molecular complexity index is 556. The van der Waals surface area contributed by atoms with Crippen molar-refractivity contribution in [1.29, 1.82) is 0 Å². The molecule has 21 heavy (non-hydrogen) atoms. The second kappa shape index (κ2) is 5.44. The van der Waals surface area contributed by atoms with E-state index in [1.54, 1.807) is 12.1 Å². The minimum atomic E-state index is -0.421. The molecule has 1 aromatic rings. The van der Waals surface area contributed by atoms with Gasteiger partial charge in [0.05, 0.1) is 30.2 Å². The summed E-state index contributed by atoms with van der Waals surface area (Å²) in [6, 6.07) is 6.45. The van der Waals surface area contributed by atoms with Gasteiger partial charge in [0, 0.05) is 18.1 Å². The highest BCUT2D eigenvalue weighted by molar-refractivity contribution is 5.74. The van der Waals surface area contributed by atoms with E-state index in [4.69, 9.17) is 9.47 Å². The van der Waals surface area contributed by atoms with Crippen LogP contribution in [-0.4, -0.2) is 30.2 Å². The molecule has 0 spiro atoms. The molecule has 112 valence electrons. The fourth-order valence-corrected chi connectivity index (χ4v) is 3.50. The van der Waals surface area contributed by atoms with Crippen molar-refractivity contribution in [3.8, 4) is 0 Å². The van der Waals surface area contributed by atoms with Crippen LogP contribution in [0.15, 0.2) is 24.3 Å². The molecule has 4 atom stereocenters. The molecule has 6 nitrogen and oxygen atoms in total. The van der Waals surface area contributed by atoms with Gasteiger partial charge in [-0.15, -0.1) is 0 Å². The van der Waals surface area contributed by atoms with Crippen molar-refractivity contribution in [3.05, 3.63) is 39.9 Å². The normalized spacial score (nSPS) is 30.9. The van der Waals surface area contributed by atoms with Gasteiger partial charge in [-0.1, -0.05) is 12.1 Å². The van der Waals surface area contributed by atoms with E-state index in [0.717, 1.165) is 24.8 Å². The first-order valence-corrected chi connectivity index (χ1v) is 7.08. The minimum Gasteiger partial charge on any atom is -0.469 e. The van der Waals surface area contributed by atoms with Gasteiger partial charge >= 0.3 is 5.97 Å². The summed E-state index contributed by atoms with van der Waals surface area (Å²) in [5, 5.41) is 10.7. The second-order valence-corrected chi connectivity index (χ2v) is 5.61. The van der Waals surface area contributed by atoms with E-state index in [1.807, 2.05) is 0 Å². The lowest BCUT2D eigenvalue weighted by molar-refractivity contribution is -0.384. The number of nitro benzene ring substituents is 1. The molecule has 1 aromatic carbocycles. The summed E-state index contributed by atoms with van der Waals surface area (Å²) >= 11 is 0. The average molecular weight is 291 g/mol. The van der Waals surface area contributed by atoms with Gasteiger partial charge in [-0.05, 0) is 24.8 Å². The number of hydrogen-bond acceptors (Lipinski definition) is 5. The van der Waals surface area contributed by atoms with Crippen molar-refractivity contribution in [3.63, 3.8) is 0 Å². The Balaban J connectivity index is 1.90. The first-order valence-electron chi connectivity index (χ1n) is 7.08. The van der Waals surface area contributed by atoms with Crippen LogP contribution in [0, 0.1) is 16.0 Å². The zero-order chi connectivity index (χ0) is 15.0. The van der Waals surface area contributed by atoms with Crippen LogP contribution in [-0.2, 0) is 14.3 Å². The first-order chi connectivity index (χ1) is 10.1. The number of carbonyl (C=O) groups excluding carboxylic acids is 1. The molecule has 2 heterocycles. The number of nitro groups is 1. The number of carbonyl (C=O) groups is 1. The number of hydrogen-bond donors (Lipinski definition) is 0. The predicted molar refractivity (Wildman–Crippen MR) is 73.9 cm³/mol. The number of ether oxygens (including phenoxy) is 2. The predicted octanol–water partition coefficient (Wildman–Crippen LogP) is 2.42. The Morgan fingerprint density at radius 3 is 2.67 bits per heavy atom. The maximum Gasteiger partial charge on any atom is 0.311 e. The number of benzene rings is 1. The zero-order valence-corrected chi connectivity index (χ0v) is 11.7. The molecule has 2 aliphatic rings. The number of rotatable bonds is 3. The third-order valence-corrected chi connectivity index (χ3v) is 4.50. The Morgan fingerprint density at radius 1 is 1.33 bits per heavy atom. The van der Waals surface area contributed by atoms with Crippen LogP contribution in [0.5, 0.6) is 0 Å². The van der Waals surface area contributed by atoms with Gasteiger partial charge in [-0.25, -0.2) is 0 Å². The molecular weight excluding hydrogens is 274 g/mol. The van der Waals surface area contributed by atoms with E-state index in [1.165, 1.54) is 19.2 Å². The highest BCUT2D eigenvalue weighted by Crippen LogP contribution is 2.45. The number of methoxy groups -OCH3 is 1. The summed E-state index contributed by atoms with van der Waals surface area (Å²) in [5.74, 6) is -0.580. The molecule has 2 bridgehead atoms. The minimum absolute atomic E-state index is 0.00417. The zero-order valence-electron chi connectivity index (χ0n) is 11.7. The monoisotopic (exact) mass is 291 g/mol. The number of fused-ring (bicyclic) bond motifs is 2. The summed E-state index contributed by atoms with van der Waals surface area (Å²) in [7, 11) is 1.39. The van der Waals surface area contributed by atoms with E-state index in [-0.39, 0.29) is 35.7 Å². The van der Waals surface area contributed by atoms with Crippen LogP contribution < -0.4 is 0 Å². The van der Waals surface area contributed by atoms with Crippen LogP contribution in [0.3, 0.4) is 0 Å². The Hall–Kier alpha value is -1.95. The lowest BCUT2D eigenvalue weighted by Crippen LogP contribution is -2.39. The maximum absolute atomic E-state index is 12.1. The lowest BCUT2D eigenvalue weighted by Gasteiger charge is -2.35. The topological polar surface area (TPSA) is 78.7 Å². The Morgan fingerprint density at radius 2 is 2.05 bits per heavy atom. The Kier molecular flexibility index (Phi) is 3.63. The third kappa shape index (κ3) is 2.51. The van der Waals surface area contributed by atoms with Crippen LogP contribution >= 0.6 is 0 Å². The van der Waals surface area contributed by atoms with Crippen LogP contribution in [0.4, 0.5) is 5.69 Å². The summed E-state index contributed by atoms with van der Waals surface area (Å²) in [4.78, 5) is 22.4. The van der Waals surface area contributed by atoms with E-state index in [9.17, 15) is 14.9 Å². The molecule has 2 fully saturated rings. The first kappa shape index (κ1) is 14.0. The third-order valence-electron chi connectivity index (χ3n) is 4.50. The second-order valence-electron chi connectivity index (χ2n) is 5.61. The van der Waals surface area contributed by atoms with E-state index in [2.05, 4.69) is 0 Å². The van der Waals surface area contributed by atoms with Gasteiger partial charge in [0.2, 0.25) is 0 Å². The SMILES string of the molecule is COC(=O)C1C2CCC(CC1c1ccc([N+](=O)[O-])cc1)O2. The molecule has 0 N–H and O–H groups in total. The van der Waals surface area contributed by atoms with Crippen molar-refractivity contribution in [1.82, 2.24) is 0 Å². The number of nitrogens with zero attached hydrogens (tertiary/aromatic N) is 1. The smallest absolute Gasteiger partial charge is 0.311 e. The summed E-state index contributed by atoms with van der Waals surface area (Å²) in [5.41, 5.74) is 1.000. The molecule has 0 aliphatic carbocycles. The molecule has 4 unspecified atom stereocenters. The Labute approximate surface area is 122 Å². The fraction of sp³-hybridized carbons (Fsp3) is 0.533. The van der Waals surface area contributed by atoms with Crippen LogP contribution in [0.1, 0.15) is 30.7 Å². The molecule has 0 radical (unpaired) electrons. The lowest BCUT2D eigenvalue weighted by atomic mass is 9.79. The van der Waals surface area contributed by atoms with Gasteiger partial charge < -0.3 is 9.47 Å². The molecule has 0 aromatic heterocycles. The highest BCUT2D eigenvalue weighted by atomic mass is 16.6. The molecule has 0 amide bonds. The number of non-ortho nitro benzene ring substituents is 1. The van der Waals surface area contributed by atoms with Crippen molar-refractivity contribution in [2.75, 3.05) is 7.11 Å². The summed E-state index contributed by atoms with van der Waals surface area (Å²) < 4.78 is 10.8. The van der Waals surface area contributed by atoms with E-state index < -0.39 is 4.92 Å². The number of esters is 1. The fourth-order valence-electron chi connectivity index (χ4n) is 3.50. The van der Waals surface area contributed by atoms with Gasteiger partial charge in [0.1, 0.15) is 0 Å². The molecule has 3 rings (SSSR count). The van der Waals surface area contributed by atoms with Crippen molar-refractivity contribution < 1.29 is 19.2 Å². The molecule has 6 heteroatoms. The van der Waals surface area contributed by atoms with E-state index >= 15 is 0 Å².